The summed E-state index contributed by atoms with van der Waals surface area (Å²) in [5, 5.41) is 3.55. The highest BCUT2D eigenvalue weighted by molar-refractivity contribution is 5.78. The predicted octanol–water partition coefficient (Wildman–Crippen LogP) is 2.27. The van der Waals surface area contributed by atoms with Gasteiger partial charge in [0.25, 0.3) is 0 Å². The molecule has 1 saturated carbocycles. The fraction of sp³-hybridized carbons (Fsp3) is 0.933. The summed E-state index contributed by atoms with van der Waals surface area (Å²) >= 11 is 0. The molecule has 0 bridgehead atoms. The maximum absolute atomic E-state index is 12.0. The van der Waals surface area contributed by atoms with E-state index in [0.717, 1.165) is 32.1 Å². The van der Waals surface area contributed by atoms with Crippen LogP contribution in [0.5, 0.6) is 0 Å². The van der Waals surface area contributed by atoms with Crippen LogP contribution in [0.2, 0.25) is 0 Å². The number of carbonyl (C=O) groups is 1. The fourth-order valence-electron chi connectivity index (χ4n) is 2.62. The number of hydrogen-bond acceptors (Lipinski definition) is 2. The minimum atomic E-state index is 0.250. The van der Waals surface area contributed by atoms with E-state index in [1.54, 1.807) is 0 Å². The van der Waals surface area contributed by atoms with Crippen molar-refractivity contribution in [3.05, 3.63) is 0 Å². The molecule has 0 aromatic heterocycles. The first-order valence-electron chi connectivity index (χ1n) is 7.37. The summed E-state index contributed by atoms with van der Waals surface area (Å²) in [6, 6.07) is 0.768. The fourth-order valence-corrected chi connectivity index (χ4v) is 2.62. The lowest BCUT2D eigenvalue weighted by atomic mass is 9.80. The molecule has 3 nitrogen and oxygen atoms in total. The first kappa shape index (κ1) is 13.9. The Labute approximate surface area is 111 Å². The zero-order valence-electron chi connectivity index (χ0n) is 12.3. The predicted molar refractivity (Wildman–Crippen MR) is 74.3 cm³/mol. The summed E-state index contributed by atoms with van der Waals surface area (Å²) in [5.41, 5.74) is 0.250. The second-order valence-corrected chi connectivity index (χ2v) is 7.35. The number of carbonyl (C=O) groups excluding carboxylic acids is 1. The topological polar surface area (TPSA) is 32.3 Å². The van der Waals surface area contributed by atoms with E-state index in [1.165, 1.54) is 12.8 Å². The van der Waals surface area contributed by atoms with Crippen LogP contribution in [0.4, 0.5) is 0 Å². The maximum atomic E-state index is 12.0. The van der Waals surface area contributed by atoms with Gasteiger partial charge >= 0.3 is 0 Å². The third kappa shape index (κ3) is 3.71. The molecule has 1 amide bonds. The molecule has 2 unspecified atom stereocenters. The van der Waals surface area contributed by atoms with Crippen LogP contribution in [-0.4, -0.2) is 36.5 Å². The second kappa shape index (κ2) is 5.20. The van der Waals surface area contributed by atoms with Gasteiger partial charge in [0.1, 0.15) is 0 Å². The Morgan fingerprint density at radius 2 is 2.06 bits per heavy atom. The molecule has 0 spiro atoms. The SMILES string of the molecule is CC(CNC1CC1)CN1CC(C(C)(C)C)CC1=O. The molecule has 1 heterocycles. The normalized spacial score (nSPS) is 26.8. The van der Waals surface area contributed by atoms with E-state index in [-0.39, 0.29) is 5.41 Å². The Morgan fingerprint density at radius 3 is 2.56 bits per heavy atom. The van der Waals surface area contributed by atoms with Gasteiger partial charge < -0.3 is 10.2 Å². The molecule has 2 atom stereocenters. The van der Waals surface area contributed by atoms with E-state index in [9.17, 15) is 4.79 Å². The van der Waals surface area contributed by atoms with Gasteiger partial charge in [0, 0.05) is 25.6 Å². The monoisotopic (exact) mass is 252 g/mol. The standard InChI is InChI=1S/C15H28N2O/c1-11(8-16-13-5-6-13)9-17-10-12(7-14(17)18)15(2,3)4/h11-13,16H,5-10H2,1-4H3. The van der Waals surface area contributed by atoms with Crippen molar-refractivity contribution in [2.24, 2.45) is 17.3 Å². The third-order valence-corrected chi connectivity index (χ3v) is 4.30. The number of likely N-dealkylation sites (tertiary alicyclic amines) is 1. The van der Waals surface area contributed by atoms with Crippen LogP contribution in [0.15, 0.2) is 0 Å². The number of hydrogen-bond donors (Lipinski definition) is 1. The van der Waals surface area contributed by atoms with Crippen molar-refractivity contribution < 1.29 is 4.79 Å². The highest BCUT2D eigenvalue weighted by atomic mass is 16.2. The Kier molecular flexibility index (Phi) is 4.00. The Morgan fingerprint density at radius 1 is 1.39 bits per heavy atom. The van der Waals surface area contributed by atoms with Crippen molar-refractivity contribution in [2.45, 2.75) is 53.0 Å². The molecule has 18 heavy (non-hydrogen) atoms. The van der Waals surface area contributed by atoms with Crippen LogP contribution in [0, 0.1) is 17.3 Å². The molecule has 2 rings (SSSR count). The quantitative estimate of drug-likeness (QED) is 0.814. The van der Waals surface area contributed by atoms with Crippen molar-refractivity contribution in [1.82, 2.24) is 10.2 Å². The number of rotatable bonds is 5. The number of amides is 1. The first-order chi connectivity index (χ1) is 8.36. The Balaban J connectivity index is 1.76. The molecule has 1 N–H and O–H groups in total. The van der Waals surface area contributed by atoms with Gasteiger partial charge in [0.05, 0.1) is 0 Å². The van der Waals surface area contributed by atoms with E-state index in [4.69, 9.17) is 0 Å². The minimum absolute atomic E-state index is 0.250. The number of nitrogens with one attached hydrogen (secondary N) is 1. The van der Waals surface area contributed by atoms with Crippen LogP contribution in [0.3, 0.4) is 0 Å². The molecule has 104 valence electrons. The summed E-state index contributed by atoms with van der Waals surface area (Å²) in [6.07, 6.45) is 3.41. The molecular formula is C15H28N2O. The number of nitrogens with zero attached hydrogens (tertiary/aromatic N) is 1. The summed E-state index contributed by atoms with van der Waals surface area (Å²) in [5.74, 6) is 1.44. The van der Waals surface area contributed by atoms with Crippen molar-refractivity contribution >= 4 is 5.91 Å². The molecule has 2 fully saturated rings. The van der Waals surface area contributed by atoms with Gasteiger partial charge in [0.15, 0.2) is 0 Å². The van der Waals surface area contributed by atoms with Crippen molar-refractivity contribution in [3.63, 3.8) is 0 Å². The highest BCUT2D eigenvalue weighted by Gasteiger charge is 2.37. The van der Waals surface area contributed by atoms with Gasteiger partial charge in [-0.25, -0.2) is 0 Å². The van der Waals surface area contributed by atoms with Crippen LogP contribution in [0.1, 0.15) is 47.0 Å². The first-order valence-corrected chi connectivity index (χ1v) is 7.37. The zero-order chi connectivity index (χ0) is 13.3. The molecule has 0 aromatic rings. The average molecular weight is 252 g/mol. The Bertz CT molecular complexity index is 304. The lowest BCUT2D eigenvalue weighted by Gasteiger charge is -2.27. The smallest absolute Gasteiger partial charge is 0.222 e. The third-order valence-electron chi connectivity index (χ3n) is 4.30. The molecule has 1 aliphatic carbocycles. The summed E-state index contributed by atoms with van der Waals surface area (Å²) in [6.45, 7) is 11.9. The molecule has 1 saturated heterocycles. The maximum Gasteiger partial charge on any atom is 0.222 e. The van der Waals surface area contributed by atoms with Gasteiger partial charge in [-0.05, 0) is 36.6 Å². The van der Waals surface area contributed by atoms with Crippen LogP contribution >= 0.6 is 0 Å². The molecule has 3 heteroatoms. The highest BCUT2D eigenvalue weighted by Crippen LogP contribution is 2.34. The van der Waals surface area contributed by atoms with Gasteiger partial charge in [-0.1, -0.05) is 27.7 Å². The molecule has 0 radical (unpaired) electrons. The van der Waals surface area contributed by atoms with E-state index in [1.807, 2.05) is 0 Å². The summed E-state index contributed by atoms with van der Waals surface area (Å²) in [4.78, 5) is 14.1. The zero-order valence-corrected chi connectivity index (χ0v) is 12.3. The van der Waals surface area contributed by atoms with Gasteiger partial charge in [-0.2, -0.15) is 0 Å². The second-order valence-electron chi connectivity index (χ2n) is 7.35. The summed E-state index contributed by atoms with van der Waals surface area (Å²) in [7, 11) is 0. The minimum Gasteiger partial charge on any atom is -0.342 e. The van der Waals surface area contributed by atoms with Gasteiger partial charge in [-0.3, -0.25) is 4.79 Å². The van der Waals surface area contributed by atoms with E-state index >= 15 is 0 Å². The Hall–Kier alpha value is -0.570. The van der Waals surface area contributed by atoms with Crippen LogP contribution in [-0.2, 0) is 4.79 Å². The lowest BCUT2D eigenvalue weighted by molar-refractivity contribution is -0.128. The molecular weight excluding hydrogens is 224 g/mol. The van der Waals surface area contributed by atoms with Crippen molar-refractivity contribution in [2.75, 3.05) is 19.6 Å². The van der Waals surface area contributed by atoms with Crippen LogP contribution in [0.25, 0.3) is 0 Å². The van der Waals surface area contributed by atoms with Gasteiger partial charge in [0.2, 0.25) is 5.91 Å². The molecule has 1 aliphatic heterocycles. The lowest BCUT2D eigenvalue weighted by Crippen LogP contribution is -2.35. The van der Waals surface area contributed by atoms with Gasteiger partial charge in [-0.15, -0.1) is 0 Å². The largest absolute Gasteiger partial charge is 0.342 e. The van der Waals surface area contributed by atoms with Crippen LogP contribution < -0.4 is 5.32 Å². The molecule has 0 aromatic carbocycles. The van der Waals surface area contributed by atoms with E-state index in [2.05, 4.69) is 37.9 Å². The average Bonchev–Trinajstić information content (AvgIpc) is 3.00. The molecule has 2 aliphatic rings. The van der Waals surface area contributed by atoms with E-state index < -0.39 is 0 Å². The summed E-state index contributed by atoms with van der Waals surface area (Å²) < 4.78 is 0. The van der Waals surface area contributed by atoms with Crippen molar-refractivity contribution in [1.29, 1.82) is 0 Å². The van der Waals surface area contributed by atoms with Crippen molar-refractivity contribution in [3.8, 4) is 0 Å². The van der Waals surface area contributed by atoms with E-state index in [0.29, 0.717) is 17.7 Å².